The minimum absolute atomic E-state index is 0.194. The molecule has 0 aliphatic rings. The van der Waals surface area contributed by atoms with Gasteiger partial charge in [0.15, 0.2) is 5.58 Å². The average Bonchev–Trinajstić information content (AvgIpc) is 2.80. The van der Waals surface area contributed by atoms with Crippen LogP contribution in [0, 0.1) is 13.8 Å². The van der Waals surface area contributed by atoms with Crippen LogP contribution in [0.3, 0.4) is 0 Å². The van der Waals surface area contributed by atoms with Crippen LogP contribution < -0.4 is 5.32 Å². The lowest BCUT2D eigenvalue weighted by atomic mass is 10.0. The number of carboxylic acid groups (broad SMARTS) is 2. The van der Waals surface area contributed by atoms with Gasteiger partial charge in [0, 0.05) is 5.39 Å². The van der Waals surface area contributed by atoms with Gasteiger partial charge < -0.3 is 20.1 Å². The van der Waals surface area contributed by atoms with E-state index in [1.807, 2.05) is 19.9 Å². The van der Waals surface area contributed by atoms with Crippen molar-refractivity contribution in [3.05, 3.63) is 29.0 Å². The highest BCUT2D eigenvalue weighted by molar-refractivity contribution is 5.91. The lowest BCUT2D eigenvalue weighted by molar-refractivity contribution is -0.147. The summed E-state index contributed by atoms with van der Waals surface area (Å²) in [7, 11) is 0. The molecule has 1 unspecified atom stereocenters. The van der Waals surface area contributed by atoms with E-state index >= 15 is 0 Å². The molecule has 0 bridgehead atoms. The lowest BCUT2D eigenvalue weighted by Gasteiger charge is -2.11. The number of aliphatic carboxylic acids is 2. The average molecular weight is 320 g/mol. The Balaban J connectivity index is 2.17. The summed E-state index contributed by atoms with van der Waals surface area (Å²) in [5.74, 6) is -3.35. The second kappa shape index (κ2) is 6.47. The molecule has 1 aromatic heterocycles. The van der Waals surface area contributed by atoms with Gasteiger partial charge in [0.25, 0.3) is 0 Å². The normalized spacial score (nSPS) is 12.1. The number of hydrogen-bond acceptors (Lipinski definition) is 5. The minimum atomic E-state index is -1.48. The standard InChI is InChI=1S/C15H16N2O6/c1-7-3-8(2)14-9(17-23-11(14)4-7)5-12(18)16-10(15(21)22)6-13(19)20/h3-4,10H,5-6H2,1-2H3,(H,16,18)(H,19,20)(H,21,22). The number of nitrogens with zero attached hydrogens (tertiary/aromatic N) is 1. The molecule has 2 aromatic rings. The van der Waals surface area contributed by atoms with Crippen molar-refractivity contribution in [1.29, 1.82) is 0 Å². The van der Waals surface area contributed by atoms with Crippen molar-refractivity contribution in [3.63, 3.8) is 0 Å². The third-order valence-corrected chi connectivity index (χ3v) is 3.33. The number of carbonyl (C=O) groups excluding carboxylic acids is 1. The summed E-state index contributed by atoms with van der Waals surface area (Å²) in [6.07, 6.45) is -0.890. The van der Waals surface area contributed by atoms with Crippen molar-refractivity contribution in [2.75, 3.05) is 0 Å². The summed E-state index contributed by atoms with van der Waals surface area (Å²) in [6.45, 7) is 3.77. The Morgan fingerprint density at radius 3 is 2.57 bits per heavy atom. The zero-order chi connectivity index (χ0) is 17.1. The van der Waals surface area contributed by atoms with Crippen LogP contribution in [0.2, 0.25) is 0 Å². The Kier molecular flexibility index (Phi) is 4.63. The van der Waals surface area contributed by atoms with Gasteiger partial charge in [0.1, 0.15) is 11.7 Å². The maximum atomic E-state index is 12.0. The predicted molar refractivity (Wildman–Crippen MR) is 79.0 cm³/mol. The molecule has 1 aromatic carbocycles. The molecule has 2 rings (SSSR count). The zero-order valence-corrected chi connectivity index (χ0v) is 12.6. The maximum absolute atomic E-state index is 12.0. The van der Waals surface area contributed by atoms with Crippen molar-refractivity contribution < 1.29 is 29.1 Å². The molecule has 0 saturated heterocycles. The van der Waals surface area contributed by atoms with Gasteiger partial charge in [0.2, 0.25) is 5.91 Å². The Morgan fingerprint density at radius 2 is 1.96 bits per heavy atom. The van der Waals surface area contributed by atoms with Crippen LogP contribution >= 0.6 is 0 Å². The molecular formula is C15H16N2O6. The molecule has 0 radical (unpaired) electrons. The summed E-state index contributed by atoms with van der Waals surface area (Å²) in [5.41, 5.74) is 2.82. The van der Waals surface area contributed by atoms with E-state index in [1.165, 1.54) is 0 Å². The van der Waals surface area contributed by atoms with Crippen molar-refractivity contribution in [2.24, 2.45) is 0 Å². The first-order valence-electron chi connectivity index (χ1n) is 6.87. The second-order valence-corrected chi connectivity index (χ2v) is 5.32. The molecule has 1 atom stereocenters. The summed E-state index contributed by atoms with van der Waals surface area (Å²) >= 11 is 0. The smallest absolute Gasteiger partial charge is 0.326 e. The first-order chi connectivity index (χ1) is 10.8. The maximum Gasteiger partial charge on any atom is 0.326 e. The molecule has 23 heavy (non-hydrogen) atoms. The SMILES string of the molecule is Cc1cc(C)c2c(CC(=O)NC(CC(=O)O)C(=O)O)noc2c1. The van der Waals surface area contributed by atoms with Gasteiger partial charge in [-0.05, 0) is 31.0 Å². The highest BCUT2D eigenvalue weighted by atomic mass is 16.5. The highest BCUT2D eigenvalue weighted by Crippen LogP contribution is 2.24. The van der Waals surface area contributed by atoms with Gasteiger partial charge in [0.05, 0.1) is 12.8 Å². The molecule has 0 aliphatic carbocycles. The molecule has 0 spiro atoms. The predicted octanol–water partition coefficient (Wildman–Crippen LogP) is 1.03. The monoisotopic (exact) mass is 320 g/mol. The fraction of sp³-hybridized carbons (Fsp3) is 0.333. The van der Waals surface area contributed by atoms with E-state index in [4.69, 9.17) is 14.7 Å². The molecule has 0 fully saturated rings. The van der Waals surface area contributed by atoms with Crippen LogP contribution in [0.5, 0.6) is 0 Å². The van der Waals surface area contributed by atoms with Crippen LogP contribution in [-0.2, 0) is 20.8 Å². The summed E-state index contributed by atoms with van der Waals surface area (Å²) in [6, 6.07) is 2.23. The van der Waals surface area contributed by atoms with Crippen molar-refractivity contribution in [1.82, 2.24) is 10.5 Å². The van der Waals surface area contributed by atoms with Gasteiger partial charge in [-0.3, -0.25) is 9.59 Å². The van der Waals surface area contributed by atoms with Crippen molar-refractivity contribution in [2.45, 2.75) is 32.7 Å². The van der Waals surface area contributed by atoms with E-state index in [0.29, 0.717) is 16.7 Å². The molecule has 3 N–H and O–H groups in total. The number of rotatable bonds is 6. The number of fused-ring (bicyclic) bond motifs is 1. The van der Waals surface area contributed by atoms with Gasteiger partial charge in [-0.1, -0.05) is 11.2 Å². The minimum Gasteiger partial charge on any atom is -0.481 e. The number of aromatic nitrogens is 1. The van der Waals surface area contributed by atoms with Crippen LogP contribution in [0.1, 0.15) is 23.2 Å². The van der Waals surface area contributed by atoms with Gasteiger partial charge in [-0.2, -0.15) is 0 Å². The highest BCUT2D eigenvalue weighted by Gasteiger charge is 2.24. The second-order valence-electron chi connectivity index (χ2n) is 5.32. The topological polar surface area (TPSA) is 130 Å². The largest absolute Gasteiger partial charge is 0.481 e. The molecule has 1 heterocycles. The quantitative estimate of drug-likeness (QED) is 0.724. The van der Waals surface area contributed by atoms with E-state index in [9.17, 15) is 14.4 Å². The van der Waals surface area contributed by atoms with Gasteiger partial charge in [-0.15, -0.1) is 0 Å². The number of carbonyl (C=O) groups is 3. The Morgan fingerprint density at radius 1 is 1.26 bits per heavy atom. The molecule has 1 amide bonds. The van der Waals surface area contributed by atoms with E-state index in [1.54, 1.807) is 6.07 Å². The van der Waals surface area contributed by atoms with E-state index < -0.39 is 30.3 Å². The summed E-state index contributed by atoms with van der Waals surface area (Å²) < 4.78 is 5.19. The van der Waals surface area contributed by atoms with Gasteiger partial charge >= 0.3 is 11.9 Å². The molecule has 0 saturated carbocycles. The molecule has 8 heteroatoms. The molecule has 8 nitrogen and oxygen atoms in total. The number of hydrogen-bond donors (Lipinski definition) is 3. The Hall–Kier alpha value is -2.90. The van der Waals surface area contributed by atoms with Gasteiger partial charge in [-0.25, -0.2) is 4.79 Å². The van der Waals surface area contributed by atoms with Crippen LogP contribution in [0.15, 0.2) is 16.7 Å². The number of carboxylic acids is 2. The summed E-state index contributed by atoms with van der Waals surface area (Å²) in [5, 5.41) is 24.3. The Labute approximate surface area is 131 Å². The zero-order valence-electron chi connectivity index (χ0n) is 12.6. The number of nitrogens with one attached hydrogen (secondary N) is 1. The number of amides is 1. The first kappa shape index (κ1) is 16.5. The summed E-state index contributed by atoms with van der Waals surface area (Å²) in [4.78, 5) is 33.6. The molecule has 0 aliphatic heterocycles. The van der Waals surface area contributed by atoms with E-state index in [2.05, 4.69) is 10.5 Å². The fourth-order valence-electron chi connectivity index (χ4n) is 2.41. The third-order valence-electron chi connectivity index (χ3n) is 3.33. The van der Waals surface area contributed by atoms with E-state index in [-0.39, 0.29) is 6.42 Å². The Bertz CT molecular complexity index is 780. The third kappa shape index (κ3) is 3.85. The number of aryl methyl sites for hydroxylation is 2. The van der Waals surface area contributed by atoms with Crippen LogP contribution in [-0.4, -0.2) is 39.3 Å². The van der Waals surface area contributed by atoms with E-state index in [0.717, 1.165) is 11.1 Å². The lowest BCUT2D eigenvalue weighted by Crippen LogP contribution is -2.42. The molecular weight excluding hydrogens is 304 g/mol. The first-order valence-corrected chi connectivity index (χ1v) is 6.87. The fourth-order valence-corrected chi connectivity index (χ4v) is 2.41. The van der Waals surface area contributed by atoms with Crippen LogP contribution in [0.4, 0.5) is 0 Å². The molecule has 122 valence electrons. The van der Waals surface area contributed by atoms with Crippen molar-refractivity contribution in [3.8, 4) is 0 Å². The number of benzene rings is 1. The van der Waals surface area contributed by atoms with Crippen LogP contribution in [0.25, 0.3) is 11.0 Å². The van der Waals surface area contributed by atoms with Crippen molar-refractivity contribution >= 4 is 28.8 Å².